The zero-order valence-corrected chi connectivity index (χ0v) is 12.5. The van der Waals surface area contributed by atoms with E-state index in [1.807, 2.05) is 6.92 Å². The van der Waals surface area contributed by atoms with Crippen molar-refractivity contribution in [3.05, 3.63) is 40.4 Å². The molecular formula is C14H14N2O4S. The summed E-state index contributed by atoms with van der Waals surface area (Å²) < 4.78 is 13.8. The second-order valence-electron chi connectivity index (χ2n) is 4.10. The summed E-state index contributed by atoms with van der Waals surface area (Å²) in [5.41, 5.74) is 0.959. The van der Waals surface area contributed by atoms with Gasteiger partial charge >= 0.3 is 5.97 Å². The molecule has 0 fully saturated rings. The lowest BCUT2D eigenvalue weighted by Gasteiger charge is -2.07. The van der Waals surface area contributed by atoms with Crippen molar-refractivity contribution >= 4 is 23.3 Å². The number of ketones is 1. The molecule has 0 amide bonds. The minimum Gasteiger partial charge on any atom is -0.496 e. The molecule has 0 N–H and O–H groups in total. The number of aryl methyl sites for hydroxylation is 1. The summed E-state index contributed by atoms with van der Waals surface area (Å²) in [4.78, 5) is 24.3. The zero-order valence-electron chi connectivity index (χ0n) is 11.7. The van der Waals surface area contributed by atoms with Crippen LogP contribution in [0.25, 0.3) is 0 Å². The standard InChI is InChI=1S/C14H14N2O4S/c1-3-10-13(21-16-15-10)14(18)20-8-11(17)9-6-4-5-7-12(9)19-2/h4-7H,3,8H2,1-2H3. The zero-order chi connectivity index (χ0) is 15.2. The van der Waals surface area contributed by atoms with Gasteiger partial charge in [-0.15, -0.1) is 5.10 Å². The van der Waals surface area contributed by atoms with Gasteiger partial charge in [0.2, 0.25) is 5.78 Å². The van der Waals surface area contributed by atoms with Crippen LogP contribution in [0.2, 0.25) is 0 Å². The summed E-state index contributed by atoms with van der Waals surface area (Å²) in [6.45, 7) is 1.52. The molecule has 0 atom stereocenters. The van der Waals surface area contributed by atoms with E-state index in [2.05, 4.69) is 9.59 Å². The highest BCUT2D eigenvalue weighted by Crippen LogP contribution is 2.18. The first-order valence-electron chi connectivity index (χ1n) is 6.32. The molecule has 7 heteroatoms. The van der Waals surface area contributed by atoms with Gasteiger partial charge in [0.15, 0.2) is 11.5 Å². The van der Waals surface area contributed by atoms with E-state index in [1.54, 1.807) is 24.3 Å². The fourth-order valence-electron chi connectivity index (χ4n) is 1.74. The number of esters is 1. The molecule has 0 spiro atoms. The maximum atomic E-state index is 12.1. The number of para-hydroxylation sites is 1. The number of aromatic nitrogens is 2. The van der Waals surface area contributed by atoms with Crippen LogP contribution in [0, 0.1) is 0 Å². The van der Waals surface area contributed by atoms with Crippen molar-refractivity contribution in [3.8, 4) is 5.75 Å². The fraction of sp³-hybridized carbons (Fsp3) is 0.286. The Morgan fingerprint density at radius 1 is 1.29 bits per heavy atom. The summed E-state index contributed by atoms with van der Waals surface area (Å²) in [6, 6.07) is 6.79. The van der Waals surface area contributed by atoms with E-state index in [-0.39, 0.29) is 12.4 Å². The van der Waals surface area contributed by atoms with Crippen molar-refractivity contribution in [2.75, 3.05) is 13.7 Å². The summed E-state index contributed by atoms with van der Waals surface area (Å²) in [6.07, 6.45) is 0.585. The molecule has 0 saturated heterocycles. The molecule has 0 unspecified atom stereocenters. The molecule has 0 aliphatic rings. The molecule has 1 aromatic carbocycles. The first-order valence-corrected chi connectivity index (χ1v) is 7.09. The number of carbonyl (C=O) groups excluding carboxylic acids is 2. The van der Waals surface area contributed by atoms with Crippen LogP contribution in [0.1, 0.15) is 32.6 Å². The number of hydrogen-bond acceptors (Lipinski definition) is 7. The molecule has 110 valence electrons. The molecule has 0 radical (unpaired) electrons. The highest BCUT2D eigenvalue weighted by Gasteiger charge is 2.19. The van der Waals surface area contributed by atoms with Gasteiger partial charge in [-0.1, -0.05) is 23.5 Å². The van der Waals surface area contributed by atoms with Gasteiger partial charge in [0.05, 0.1) is 18.4 Å². The van der Waals surface area contributed by atoms with E-state index in [9.17, 15) is 9.59 Å². The van der Waals surface area contributed by atoms with Crippen LogP contribution in [0.15, 0.2) is 24.3 Å². The average molecular weight is 306 g/mol. The molecule has 21 heavy (non-hydrogen) atoms. The van der Waals surface area contributed by atoms with E-state index in [1.165, 1.54) is 7.11 Å². The van der Waals surface area contributed by atoms with Gasteiger partial charge in [-0.2, -0.15) is 0 Å². The average Bonchev–Trinajstić information content (AvgIpc) is 3.00. The van der Waals surface area contributed by atoms with E-state index >= 15 is 0 Å². The first kappa shape index (κ1) is 15.1. The minimum atomic E-state index is -0.579. The topological polar surface area (TPSA) is 78.4 Å². The summed E-state index contributed by atoms with van der Waals surface area (Å²) in [5.74, 6) is -0.450. The van der Waals surface area contributed by atoms with E-state index in [0.29, 0.717) is 28.3 Å². The number of benzene rings is 1. The molecular weight excluding hydrogens is 292 g/mol. The Morgan fingerprint density at radius 3 is 2.76 bits per heavy atom. The van der Waals surface area contributed by atoms with Crippen molar-refractivity contribution in [3.63, 3.8) is 0 Å². The number of hydrogen-bond donors (Lipinski definition) is 0. The third kappa shape index (κ3) is 3.43. The van der Waals surface area contributed by atoms with Gasteiger partial charge in [-0.25, -0.2) is 4.79 Å². The van der Waals surface area contributed by atoms with Gasteiger partial charge in [-0.05, 0) is 30.1 Å². The summed E-state index contributed by atoms with van der Waals surface area (Å²) in [5, 5.41) is 3.83. The number of methoxy groups -OCH3 is 1. The van der Waals surface area contributed by atoms with Crippen LogP contribution in [0.3, 0.4) is 0 Å². The number of nitrogens with zero attached hydrogens (tertiary/aromatic N) is 2. The Labute approximate surface area is 125 Å². The summed E-state index contributed by atoms with van der Waals surface area (Å²) >= 11 is 0.966. The highest BCUT2D eigenvalue weighted by molar-refractivity contribution is 7.07. The molecule has 1 heterocycles. The number of rotatable bonds is 6. The van der Waals surface area contributed by atoms with E-state index in [4.69, 9.17) is 9.47 Å². The third-order valence-corrected chi connectivity index (χ3v) is 3.57. The molecule has 2 rings (SSSR count). The number of ether oxygens (including phenoxy) is 2. The molecule has 0 bridgehead atoms. The monoisotopic (exact) mass is 306 g/mol. The Hall–Kier alpha value is -2.28. The van der Waals surface area contributed by atoms with E-state index < -0.39 is 5.97 Å². The van der Waals surface area contributed by atoms with Crippen LogP contribution < -0.4 is 4.74 Å². The maximum absolute atomic E-state index is 12.1. The Bertz CT molecular complexity index is 654. The predicted octanol–water partition coefficient (Wildman–Crippen LogP) is 2.15. The fourth-order valence-corrected chi connectivity index (χ4v) is 2.39. The van der Waals surface area contributed by atoms with Crippen LogP contribution >= 0.6 is 11.5 Å². The molecule has 0 saturated carbocycles. The van der Waals surface area contributed by atoms with Crippen molar-refractivity contribution in [1.82, 2.24) is 9.59 Å². The quantitative estimate of drug-likeness (QED) is 0.601. The maximum Gasteiger partial charge on any atom is 0.352 e. The number of carbonyl (C=O) groups is 2. The Balaban J connectivity index is 2.03. The number of Topliss-reactive ketones (excluding diaryl/α,β-unsaturated/α-hetero) is 1. The van der Waals surface area contributed by atoms with Crippen molar-refractivity contribution in [1.29, 1.82) is 0 Å². The molecule has 1 aromatic heterocycles. The lowest BCUT2D eigenvalue weighted by atomic mass is 10.1. The highest BCUT2D eigenvalue weighted by atomic mass is 32.1. The lowest BCUT2D eigenvalue weighted by Crippen LogP contribution is -2.15. The molecule has 6 nitrogen and oxygen atoms in total. The van der Waals surface area contributed by atoms with Gasteiger partial charge in [0.1, 0.15) is 5.75 Å². The minimum absolute atomic E-state index is 0.323. The largest absolute Gasteiger partial charge is 0.496 e. The predicted molar refractivity (Wildman–Crippen MR) is 76.9 cm³/mol. The second kappa shape index (κ2) is 6.94. The smallest absolute Gasteiger partial charge is 0.352 e. The SMILES string of the molecule is CCc1nnsc1C(=O)OCC(=O)c1ccccc1OC. The third-order valence-electron chi connectivity index (χ3n) is 2.82. The van der Waals surface area contributed by atoms with Crippen LogP contribution in [-0.4, -0.2) is 35.1 Å². The second-order valence-corrected chi connectivity index (χ2v) is 4.86. The Kier molecular flexibility index (Phi) is 4.99. The molecule has 0 aliphatic heterocycles. The van der Waals surface area contributed by atoms with Crippen molar-refractivity contribution in [2.24, 2.45) is 0 Å². The molecule has 2 aromatic rings. The van der Waals surface area contributed by atoms with Crippen LogP contribution in [0.5, 0.6) is 5.75 Å². The van der Waals surface area contributed by atoms with Crippen LogP contribution in [0.4, 0.5) is 0 Å². The summed E-state index contributed by atoms with van der Waals surface area (Å²) in [7, 11) is 1.48. The van der Waals surface area contributed by atoms with E-state index in [0.717, 1.165) is 11.5 Å². The van der Waals surface area contributed by atoms with Gasteiger partial charge in [0.25, 0.3) is 0 Å². The lowest BCUT2D eigenvalue weighted by molar-refractivity contribution is 0.0477. The van der Waals surface area contributed by atoms with Crippen LogP contribution in [-0.2, 0) is 11.2 Å². The van der Waals surface area contributed by atoms with Crippen molar-refractivity contribution in [2.45, 2.75) is 13.3 Å². The van der Waals surface area contributed by atoms with Gasteiger partial charge in [-0.3, -0.25) is 4.79 Å². The van der Waals surface area contributed by atoms with Gasteiger partial charge < -0.3 is 9.47 Å². The first-order chi connectivity index (χ1) is 10.2. The normalized spacial score (nSPS) is 10.2. The van der Waals surface area contributed by atoms with Gasteiger partial charge in [0, 0.05) is 0 Å². The molecule has 0 aliphatic carbocycles. The Morgan fingerprint density at radius 2 is 2.05 bits per heavy atom. The van der Waals surface area contributed by atoms with Crippen molar-refractivity contribution < 1.29 is 19.1 Å².